The minimum absolute atomic E-state index is 0.627. The molecule has 0 amide bonds. The summed E-state index contributed by atoms with van der Waals surface area (Å²) in [7, 11) is 0. The number of hydrogen-bond donors (Lipinski definition) is 0. The van der Waals surface area contributed by atoms with E-state index in [9.17, 15) is 0 Å². The first kappa shape index (κ1) is 18.5. The van der Waals surface area contributed by atoms with Crippen molar-refractivity contribution in [2.45, 2.75) is 0 Å². The minimum Gasteiger partial charge on any atom is -0.277 e. The van der Waals surface area contributed by atoms with Crippen LogP contribution in [0.1, 0.15) is 0 Å². The number of rotatable bonds is 2. The van der Waals surface area contributed by atoms with E-state index in [4.69, 9.17) is 0 Å². The monoisotopic (exact) mass is 490 g/mol. The predicted molar refractivity (Wildman–Crippen MR) is 134 cm³/mol. The predicted octanol–water partition coefficient (Wildman–Crippen LogP) is 6.22. The molecule has 0 radical (unpaired) electrons. The summed E-state index contributed by atoms with van der Waals surface area (Å²) in [4.78, 5) is 18.3. The van der Waals surface area contributed by atoms with Crippen LogP contribution >= 0.6 is 15.9 Å². The zero-order valence-electron chi connectivity index (χ0n) is 17.2. The molecule has 3 aromatic carbocycles. The molecule has 0 saturated heterocycles. The maximum atomic E-state index is 4.60. The van der Waals surface area contributed by atoms with Crippen LogP contribution in [-0.4, -0.2) is 29.1 Å². The van der Waals surface area contributed by atoms with Gasteiger partial charge in [0, 0.05) is 50.8 Å². The van der Waals surface area contributed by atoms with Gasteiger partial charge < -0.3 is 0 Å². The number of halogens is 1. The molecular formula is C26H15BrN6. The molecule has 0 atom stereocenters. The van der Waals surface area contributed by atoms with Gasteiger partial charge in [-0.2, -0.15) is 0 Å². The Bertz CT molecular complexity index is 1820. The number of hydrogen-bond acceptors (Lipinski definition) is 4. The summed E-state index contributed by atoms with van der Waals surface area (Å²) >= 11 is 3.88. The Kier molecular flexibility index (Phi) is 3.89. The third-order valence-corrected chi connectivity index (χ3v) is 6.63. The molecule has 7 aromatic rings. The third-order valence-electron chi connectivity index (χ3n) is 6.03. The molecule has 4 aromatic heterocycles. The molecule has 4 heterocycles. The van der Waals surface area contributed by atoms with E-state index in [1.165, 1.54) is 0 Å². The fraction of sp³-hybridized carbons (Fsp3) is 0. The van der Waals surface area contributed by atoms with E-state index < -0.39 is 0 Å². The minimum atomic E-state index is 0.627. The van der Waals surface area contributed by atoms with Gasteiger partial charge >= 0.3 is 0 Å². The van der Waals surface area contributed by atoms with Gasteiger partial charge in [-0.3, -0.25) is 9.13 Å². The lowest BCUT2D eigenvalue weighted by Gasteiger charge is -2.09. The van der Waals surface area contributed by atoms with Gasteiger partial charge in [-0.05, 0) is 46.3 Å². The first-order valence-corrected chi connectivity index (χ1v) is 11.3. The fourth-order valence-corrected chi connectivity index (χ4v) is 5.39. The normalized spacial score (nSPS) is 11.8. The van der Waals surface area contributed by atoms with Crippen molar-refractivity contribution in [3.05, 3.63) is 96.0 Å². The molecule has 33 heavy (non-hydrogen) atoms. The standard InChI is InChI=1S/C26H15BrN6/c27-19-15-18-16-7-1-3-9-20(16)32(25-28-11-5-12-29-25)23(18)22-17-8-2-4-10-21(17)33(24(19)22)26-30-13-6-14-31-26/h1-15H. The first-order chi connectivity index (χ1) is 16.3. The van der Waals surface area contributed by atoms with Crippen LogP contribution in [0.3, 0.4) is 0 Å². The van der Waals surface area contributed by atoms with Crippen LogP contribution in [0.4, 0.5) is 0 Å². The molecule has 156 valence electrons. The summed E-state index contributed by atoms with van der Waals surface area (Å²) < 4.78 is 5.25. The zero-order valence-corrected chi connectivity index (χ0v) is 18.8. The Labute approximate surface area is 196 Å². The Morgan fingerprint density at radius 2 is 1.06 bits per heavy atom. The molecule has 0 aliphatic heterocycles. The molecule has 0 aliphatic carbocycles. The number of fused-ring (bicyclic) bond motifs is 7. The van der Waals surface area contributed by atoms with E-state index >= 15 is 0 Å². The quantitative estimate of drug-likeness (QED) is 0.288. The van der Waals surface area contributed by atoms with E-state index in [2.05, 4.69) is 87.5 Å². The van der Waals surface area contributed by atoms with Crippen LogP contribution in [0.5, 0.6) is 0 Å². The summed E-state index contributed by atoms with van der Waals surface area (Å²) in [6.45, 7) is 0. The fourth-order valence-electron chi connectivity index (χ4n) is 4.79. The van der Waals surface area contributed by atoms with Crippen LogP contribution in [0.2, 0.25) is 0 Å². The highest BCUT2D eigenvalue weighted by Crippen LogP contribution is 2.44. The molecule has 0 bridgehead atoms. The van der Waals surface area contributed by atoms with Gasteiger partial charge in [0.15, 0.2) is 0 Å². The third kappa shape index (κ3) is 2.54. The average Bonchev–Trinajstić information content (AvgIpc) is 3.39. The molecule has 0 fully saturated rings. The molecule has 0 spiro atoms. The van der Waals surface area contributed by atoms with Crippen molar-refractivity contribution in [2.75, 3.05) is 0 Å². The largest absolute Gasteiger partial charge is 0.277 e. The molecule has 6 nitrogen and oxygen atoms in total. The molecule has 7 rings (SSSR count). The van der Waals surface area contributed by atoms with Crippen molar-refractivity contribution in [2.24, 2.45) is 0 Å². The van der Waals surface area contributed by atoms with Gasteiger partial charge in [-0.1, -0.05) is 36.4 Å². The molecular weight excluding hydrogens is 476 g/mol. The average molecular weight is 491 g/mol. The zero-order chi connectivity index (χ0) is 21.9. The van der Waals surface area contributed by atoms with Crippen molar-refractivity contribution in [1.82, 2.24) is 29.1 Å². The van der Waals surface area contributed by atoms with Gasteiger partial charge in [-0.25, -0.2) is 19.9 Å². The number of aromatic nitrogens is 6. The van der Waals surface area contributed by atoms with E-state index in [1.807, 2.05) is 24.3 Å². The van der Waals surface area contributed by atoms with Crippen LogP contribution in [0, 0.1) is 0 Å². The lowest BCUT2D eigenvalue weighted by molar-refractivity contribution is 0.984. The summed E-state index contributed by atoms with van der Waals surface area (Å²) in [5.41, 5.74) is 4.17. The maximum Gasteiger partial charge on any atom is 0.234 e. The van der Waals surface area contributed by atoms with Crippen molar-refractivity contribution in [3.63, 3.8) is 0 Å². The summed E-state index contributed by atoms with van der Waals surface area (Å²) in [5.74, 6) is 1.27. The smallest absolute Gasteiger partial charge is 0.234 e. The summed E-state index contributed by atoms with van der Waals surface area (Å²) in [6, 6.07) is 22.6. The molecule has 0 unspecified atom stereocenters. The Balaban J connectivity index is 1.81. The second-order valence-corrected chi connectivity index (χ2v) is 8.64. The molecule has 0 N–H and O–H groups in total. The summed E-state index contributed by atoms with van der Waals surface area (Å²) in [5, 5.41) is 4.50. The number of benzene rings is 3. The van der Waals surface area contributed by atoms with E-state index in [-0.39, 0.29) is 0 Å². The van der Waals surface area contributed by atoms with Gasteiger partial charge in [0.1, 0.15) is 0 Å². The topological polar surface area (TPSA) is 61.4 Å². The summed E-state index contributed by atoms with van der Waals surface area (Å²) in [6.07, 6.45) is 7.09. The Hall–Kier alpha value is -4.10. The van der Waals surface area contributed by atoms with Crippen LogP contribution in [-0.2, 0) is 0 Å². The van der Waals surface area contributed by atoms with Crippen molar-refractivity contribution >= 4 is 59.5 Å². The van der Waals surface area contributed by atoms with Gasteiger partial charge in [0.05, 0.1) is 22.1 Å². The van der Waals surface area contributed by atoms with Crippen LogP contribution in [0.25, 0.3) is 55.5 Å². The van der Waals surface area contributed by atoms with Crippen molar-refractivity contribution in [1.29, 1.82) is 0 Å². The highest BCUT2D eigenvalue weighted by molar-refractivity contribution is 9.10. The van der Waals surface area contributed by atoms with Crippen LogP contribution < -0.4 is 0 Å². The molecule has 7 heteroatoms. The van der Waals surface area contributed by atoms with Gasteiger partial charge in [0.2, 0.25) is 11.9 Å². The van der Waals surface area contributed by atoms with Crippen molar-refractivity contribution in [3.8, 4) is 11.9 Å². The highest BCUT2D eigenvalue weighted by atomic mass is 79.9. The lowest BCUT2D eigenvalue weighted by Crippen LogP contribution is -2.01. The van der Waals surface area contributed by atoms with Gasteiger partial charge in [0.25, 0.3) is 0 Å². The van der Waals surface area contributed by atoms with Gasteiger partial charge in [-0.15, -0.1) is 0 Å². The second-order valence-electron chi connectivity index (χ2n) is 7.78. The van der Waals surface area contributed by atoms with Crippen molar-refractivity contribution < 1.29 is 0 Å². The Morgan fingerprint density at radius 3 is 1.70 bits per heavy atom. The van der Waals surface area contributed by atoms with E-state index in [0.29, 0.717) is 11.9 Å². The van der Waals surface area contributed by atoms with E-state index in [1.54, 1.807) is 24.8 Å². The highest BCUT2D eigenvalue weighted by Gasteiger charge is 2.23. The van der Waals surface area contributed by atoms with E-state index in [0.717, 1.165) is 48.1 Å². The lowest BCUT2D eigenvalue weighted by atomic mass is 10.1. The first-order valence-electron chi connectivity index (χ1n) is 10.5. The SMILES string of the molecule is Brc1cc2c3ccccc3n(-c3ncccn3)c2c2c3ccccc3n(-c3ncccn3)c12. The van der Waals surface area contributed by atoms with Crippen LogP contribution in [0.15, 0.2) is 96.0 Å². The maximum absolute atomic E-state index is 4.60. The number of para-hydroxylation sites is 2. The second kappa shape index (κ2) is 6.95. The number of nitrogens with zero attached hydrogens (tertiary/aromatic N) is 6. The molecule has 0 saturated carbocycles. The Morgan fingerprint density at radius 1 is 0.545 bits per heavy atom. The molecule has 0 aliphatic rings.